The van der Waals surface area contributed by atoms with E-state index in [1.165, 1.54) is 7.11 Å². The van der Waals surface area contributed by atoms with Gasteiger partial charge in [-0.05, 0) is 27.7 Å². The normalized spacial score (nSPS) is 38.9. The van der Waals surface area contributed by atoms with Gasteiger partial charge in [0, 0.05) is 0 Å². The number of esters is 1. The van der Waals surface area contributed by atoms with E-state index in [-0.39, 0.29) is 0 Å². The van der Waals surface area contributed by atoms with Crippen LogP contribution in [0.3, 0.4) is 0 Å². The molecule has 7 heteroatoms. The molecular weight excluding hydrogens is 271 g/mol. The predicted molar refractivity (Wildman–Crippen MR) is 65.6 cm³/mol. The molecule has 0 aliphatic carbocycles. The Hall–Kier alpha value is -0.760. The molecule has 0 aromatic heterocycles. The van der Waals surface area contributed by atoms with Gasteiger partial charge in [-0.2, -0.15) is 0 Å². The first-order valence-electron chi connectivity index (χ1n) is 6.54. The molecule has 116 valence electrons. The predicted octanol–water partition coefficient (Wildman–Crippen LogP) is 1.17. The molecule has 2 rings (SSSR count). The lowest BCUT2D eigenvalue weighted by Gasteiger charge is -2.24. The van der Waals surface area contributed by atoms with Crippen molar-refractivity contribution in [3.8, 4) is 0 Å². The zero-order chi connectivity index (χ0) is 15.1. The number of alkyl halides is 1. The second-order valence-corrected chi connectivity index (χ2v) is 5.84. The van der Waals surface area contributed by atoms with E-state index >= 15 is 0 Å². The molecule has 0 bridgehead atoms. The van der Waals surface area contributed by atoms with E-state index in [2.05, 4.69) is 0 Å². The fraction of sp³-hybridized carbons (Fsp3) is 0.923. The highest BCUT2D eigenvalue weighted by Gasteiger charge is 2.56. The molecule has 2 fully saturated rings. The number of hydrogen-bond acceptors (Lipinski definition) is 6. The van der Waals surface area contributed by atoms with Gasteiger partial charge in [-0.3, -0.25) is 0 Å². The summed E-state index contributed by atoms with van der Waals surface area (Å²) in [6.07, 6.45) is -3.29. The van der Waals surface area contributed by atoms with Crippen LogP contribution in [0.2, 0.25) is 0 Å². The number of methoxy groups -OCH3 is 1. The van der Waals surface area contributed by atoms with Gasteiger partial charge in [-0.15, -0.1) is 0 Å². The largest absolute Gasteiger partial charge is 0.467 e. The minimum atomic E-state index is -0.972. The number of carbonyl (C=O) groups is 1. The van der Waals surface area contributed by atoms with Crippen molar-refractivity contribution in [2.75, 3.05) is 13.8 Å². The van der Waals surface area contributed by atoms with E-state index in [9.17, 15) is 9.18 Å². The van der Waals surface area contributed by atoms with Crippen molar-refractivity contribution in [1.82, 2.24) is 0 Å². The maximum Gasteiger partial charge on any atom is 0.337 e. The van der Waals surface area contributed by atoms with E-state index in [1.54, 1.807) is 27.7 Å². The molecule has 2 aliphatic rings. The Balaban J connectivity index is 2.22. The highest BCUT2D eigenvalue weighted by Crippen LogP contribution is 2.38. The molecule has 2 saturated heterocycles. The van der Waals surface area contributed by atoms with Crippen LogP contribution in [0.15, 0.2) is 0 Å². The van der Waals surface area contributed by atoms with Crippen molar-refractivity contribution in [3.05, 3.63) is 0 Å². The summed E-state index contributed by atoms with van der Waals surface area (Å²) in [6.45, 7) is 5.98. The van der Waals surface area contributed by atoms with Crippen LogP contribution < -0.4 is 0 Å². The molecule has 0 N–H and O–H groups in total. The van der Waals surface area contributed by atoms with Gasteiger partial charge in [0.05, 0.1) is 7.11 Å². The monoisotopic (exact) mass is 292 g/mol. The van der Waals surface area contributed by atoms with Crippen molar-refractivity contribution in [2.24, 2.45) is 0 Å². The van der Waals surface area contributed by atoms with Crippen LogP contribution >= 0.6 is 0 Å². The summed E-state index contributed by atoms with van der Waals surface area (Å²) in [5.74, 6) is -2.48. The molecule has 0 amide bonds. The molecule has 0 spiro atoms. The third-order valence-electron chi connectivity index (χ3n) is 3.26. The lowest BCUT2D eigenvalue weighted by Crippen LogP contribution is -2.46. The molecule has 0 aromatic rings. The first-order chi connectivity index (χ1) is 9.19. The van der Waals surface area contributed by atoms with Gasteiger partial charge in [0.2, 0.25) is 0 Å². The summed E-state index contributed by atoms with van der Waals surface area (Å²) in [6, 6.07) is 0. The zero-order valence-corrected chi connectivity index (χ0v) is 12.3. The second kappa shape index (κ2) is 5.22. The summed E-state index contributed by atoms with van der Waals surface area (Å²) in [4.78, 5) is 11.8. The molecule has 2 aliphatic heterocycles. The highest BCUT2D eigenvalue weighted by atomic mass is 19.1. The van der Waals surface area contributed by atoms with Gasteiger partial charge in [-0.1, -0.05) is 0 Å². The summed E-state index contributed by atoms with van der Waals surface area (Å²) in [5, 5.41) is 0. The van der Waals surface area contributed by atoms with Crippen LogP contribution in [-0.2, 0) is 28.5 Å². The van der Waals surface area contributed by atoms with Crippen molar-refractivity contribution >= 4 is 5.97 Å². The fourth-order valence-electron chi connectivity index (χ4n) is 2.59. The Morgan fingerprint density at radius 2 is 1.60 bits per heavy atom. The molecule has 0 saturated carbocycles. The summed E-state index contributed by atoms with van der Waals surface area (Å²) in [7, 11) is 1.26. The van der Waals surface area contributed by atoms with Crippen molar-refractivity contribution < 1.29 is 32.9 Å². The lowest BCUT2D eigenvalue weighted by molar-refractivity contribution is -0.176. The smallest absolute Gasteiger partial charge is 0.337 e. The molecule has 4 atom stereocenters. The van der Waals surface area contributed by atoms with Crippen LogP contribution in [0.1, 0.15) is 27.7 Å². The topological polar surface area (TPSA) is 63.2 Å². The average molecular weight is 292 g/mol. The van der Waals surface area contributed by atoms with E-state index < -0.39 is 48.6 Å². The fourth-order valence-corrected chi connectivity index (χ4v) is 2.59. The van der Waals surface area contributed by atoms with E-state index in [1.807, 2.05) is 0 Å². The maximum atomic E-state index is 13.1. The lowest BCUT2D eigenvalue weighted by atomic mass is 10.0. The molecule has 0 aromatic carbocycles. The number of ether oxygens (including phenoxy) is 5. The number of carbonyl (C=O) groups excluding carboxylic acids is 1. The highest BCUT2D eigenvalue weighted by molar-refractivity contribution is 5.75. The Morgan fingerprint density at radius 1 is 1.05 bits per heavy atom. The van der Waals surface area contributed by atoms with Crippen LogP contribution in [0.4, 0.5) is 4.39 Å². The van der Waals surface area contributed by atoms with Gasteiger partial charge in [0.15, 0.2) is 17.7 Å². The third-order valence-corrected chi connectivity index (χ3v) is 3.26. The first-order valence-corrected chi connectivity index (χ1v) is 6.54. The minimum absolute atomic E-state index is 0.577. The van der Waals surface area contributed by atoms with Crippen LogP contribution in [0.25, 0.3) is 0 Å². The van der Waals surface area contributed by atoms with Gasteiger partial charge in [-0.25, -0.2) is 9.18 Å². The number of hydrogen-bond donors (Lipinski definition) is 0. The Kier molecular flexibility index (Phi) is 4.07. The summed E-state index contributed by atoms with van der Waals surface area (Å²) >= 11 is 0. The van der Waals surface area contributed by atoms with Crippen molar-refractivity contribution in [1.29, 1.82) is 0 Å². The Labute approximate surface area is 117 Å². The van der Waals surface area contributed by atoms with Gasteiger partial charge >= 0.3 is 5.97 Å². The van der Waals surface area contributed by atoms with Crippen molar-refractivity contribution in [3.63, 3.8) is 0 Å². The molecule has 0 unspecified atom stereocenters. The second-order valence-electron chi connectivity index (χ2n) is 5.84. The summed E-state index contributed by atoms with van der Waals surface area (Å²) < 4.78 is 40.2. The first kappa shape index (κ1) is 15.6. The van der Waals surface area contributed by atoms with Gasteiger partial charge in [0.25, 0.3) is 0 Å². The minimum Gasteiger partial charge on any atom is -0.467 e. The van der Waals surface area contributed by atoms with Crippen LogP contribution in [0, 0.1) is 0 Å². The third kappa shape index (κ3) is 2.95. The molecule has 0 radical (unpaired) electrons. The van der Waals surface area contributed by atoms with E-state index in [0.717, 1.165) is 0 Å². The number of rotatable bonds is 3. The van der Waals surface area contributed by atoms with E-state index in [4.69, 9.17) is 23.7 Å². The Bertz CT molecular complexity index is 383. The van der Waals surface area contributed by atoms with Gasteiger partial charge in [0.1, 0.15) is 25.0 Å². The Morgan fingerprint density at radius 3 is 2.15 bits per heavy atom. The average Bonchev–Trinajstić information content (AvgIpc) is 2.84. The van der Waals surface area contributed by atoms with Crippen molar-refractivity contribution in [2.45, 2.75) is 63.7 Å². The SMILES string of the molecule is COC(=O)[C@H]1OC(C)(C)O[C@@H]1[C@H]1OC(C)(C)O[C@@H]1CF. The molecular formula is C13H21FO6. The standard InChI is InChI=1S/C13H21FO6/c1-12(2)17-7(6-14)8(18-12)9-10(11(15)16-5)20-13(3,4)19-9/h7-10H,6H2,1-5H3/t7-,8+,9-,10+/m1/s1. The molecule has 6 nitrogen and oxygen atoms in total. The molecule has 2 heterocycles. The summed E-state index contributed by atoms with van der Waals surface area (Å²) in [5.41, 5.74) is 0. The van der Waals surface area contributed by atoms with Crippen LogP contribution in [0.5, 0.6) is 0 Å². The quantitative estimate of drug-likeness (QED) is 0.728. The number of halogens is 1. The van der Waals surface area contributed by atoms with Crippen LogP contribution in [-0.4, -0.2) is 55.7 Å². The maximum absolute atomic E-state index is 13.1. The molecule has 20 heavy (non-hydrogen) atoms. The van der Waals surface area contributed by atoms with Gasteiger partial charge < -0.3 is 23.7 Å². The van der Waals surface area contributed by atoms with E-state index in [0.29, 0.717) is 0 Å². The zero-order valence-electron chi connectivity index (χ0n) is 12.3.